The number of hydrogen-bond acceptors (Lipinski definition) is 2. The predicted molar refractivity (Wildman–Crippen MR) is 180 cm³/mol. The maximum atomic E-state index is 13.0. The Morgan fingerprint density at radius 1 is 0.977 bits per heavy atom. The predicted octanol–water partition coefficient (Wildman–Crippen LogP) is 11.2. The van der Waals surface area contributed by atoms with Crippen LogP contribution in [0, 0.1) is 52.3 Å². The number of nitrogens with one attached hydrogen (secondary N) is 1. The zero-order chi connectivity index (χ0) is 30.4. The molecular weight excluding hydrogens is 526 g/mol. The van der Waals surface area contributed by atoms with Crippen molar-refractivity contribution >= 4 is 22.6 Å². The first-order chi connectivity index (χ1) is 20.6. The number of rotatable bonds is 7. The van der Waals surface area contributed by atoms with Gasteiger partial charge in [0.15, 0.2) is 0 Å². The first-order valence-corrected chi connectivity index (χ1v) is 17.5. The molecule has 0 aliphatic heterocycles. The fraction of sp³-hybridized carbons (Fsp3) is 0.625. The van der Waals surface area contributed by atoms with Crippen LogP contribution in [0.2, 0.25) is 0 Å². The third-order valence-electron chi connectivity index (χ3n) is 13.1. The number of anilines is 1. The molecule has 9 atom stereocenters. The van der Waals surface area contributed by atoms with E-state index in [-0.39, 0.29) is 17.6 Å². The van der Waals surface area contributed by atoms with Crippen molar-refractivity contribution in [3.8, 4) is 0 Å². The van der Waals surface area contributed by atoms with E-state index in [4.69, 9.17) is 4.74 Å². The Labute approximate surface area is 260 Å². The van der Waals surface area contributed by atoms with Gasteiger partial charge in [0.1, 0.15) is 6.10 Å². The Kier molecular flexibility index (Phi) is 8.57. The molecular formula is C40H55NO2. The molecule has 3 nitrogen and oxygen atoms in total. The second kappa shape index (κ2) is 12.1. The zero-order valence-electron chi connectivity index (χ0n) is 27.6. The molecule has 3 saturated carbocycles. The number of amides is 1. The lowest BCUT2D eigenvalue weighted by atomic mass is 9.47. The Hall–Kier alpha value is -2.55. The molecule has 4 aliphatic carbocycles. The van der Waals surface area contributed by atoms with E-state index in [1.54, 1.807) is 5.57 Å². The van der Waals surface area contributed by atoms with Crippen molar-refractivity contribution < 1.29 is 9.53 Å². The average molecular weight is 582 g/mol. The second-order valence-electron chi connectivity index (χ2n) is 15.5. The van der Waals surface area contributed by atoms with Gasteiger partial charge in [-0.15, -0.1) is 0 Å². The molecule has 0 aromatic heterocycles. The fourth-order valence-electron chi connectivity index (χ4n) is 10.5. The molecule has 4 aliphatic rings. The topological polar surface area (TPSA) is 38.3 Å². The van der Waals surface area contributed by atoms with Gasteiger partial charge in [0.25, 0.3) is 0 Å². The quantitative estimate of drug-likeness (QED) is 0.330. The number of hydrogen-bond donors (Lipinski definition) is 1. The highest BCUT2D eigenvalue weighted by Crippen LogP contribution is 2.67. The molecule has 0 saturated heterocycles. The summed E-state index contributed by atoms with van der Waals surface area (Å²) in [6.45, 7) is 14.8. The lowest BCUT2D eigenvalue weighted by molar-refractivity contribution is -0.0545. The van der Waals surface area contributed by atoms with E-state index in [1.165, 1.54) is 38.5 Å². The Morgan fingerprint density at radius 2 is 1.77 bits per heavy atom. The highest BCUT2D eigenvalue weighted by atomic mass is 16.6. The van der Waals surface area contributed by atoms with Crippen molar-refractivity contribution in [2.45, 2.75) is 105 Å². The minimum absolute atomic E-state index is 0.0407. The summed E-state index contributed by atoms with van der Waals surface area (Å²) in [7, 11) is 0. The molecule has 3 heteroatoms. The van der Waals surface area contributed by atoms with Crippen LogP contribution in [0.4, 0.5) is 10.5 Å². The molecule has 9 unspecified atom stereocenters. The largest absolute Gasteiger partial charge is 0.446 e. The standard InChI is InChI=1S/C40H55NO2/c1-7-28(26(2)3)16-15-27(4)34-19-20-35-33-18-17-30-25-31(21-23-39(30,5)36(33)22-24-40(34,35)6)43-38(42)41-37-14-10-12-29-11-8-9-13-32(29)37/h8-17,26-28,31,33-36H,7,18-25H2,1-6H3,(H,41,42). The van der Waals surface area contributed by atoms with E-state index in [2.05, 4.69) is 77.2 Å². The zero-order valence-corrected chi connectivity index (χ0v) is 27.6. The maximum absolute atomic E-state index is 13.0. The van der Waals surface area contributed by atoms with Gasteiger partial charge in [0, 0.05) is 11.8 Å². The van der Waals surface area contributed by atoms with Crippen LogP contribution >= 0.6 is 0 Å². The average Bonchev–Trinajstić information content (AvgIpc) is 3.35. The number of carbonyl (C=O) groups excluding carboxylic acids is 1. The van der Waals surface area contributed by atoms with Crippen molar-refractivity contribution in [2.24, 2.45) is 52.3 Å². The molecule has 2 aromatic rings. The van der Waals surface area contributed by atoms with E-state index >= 15 is 0 Å². The highest BCUT2D eigenvalue weighted by molar-refractivity contribution is 6.00. The second-order valence-corrected chi connectivity index (χ2v) is 15.5. The highest BCUT2D eigenvalue weighted by Gasteiger charge is 2.59. The van der Waals surface area contributed by atoms with Crippen LogP contribution in [0.5, 0.6) is 0 Å². The number of fused-ring (bicyclic) bond motifs is 6. The monoisotopic (exact) mass is 581 g/mol. The Bertz CT molecular complexity index is 1370. The Morgan fingerprint density at radius 3 is 2.56 bits per heavy atom. The summed E-state index contributed by atoms with van der Waals surface area (Å²) >= 11 is 0. The smallest absolute Gasteiger partial charge is 0.411 e. The van der Waals surface area contributed by atoms with Crippen molar-refractivity contribution in [3.05, 3.63) is 66.3 Å². The number of carbonyl (C=O) groups is 1. The van der Waals surface area contributed by atoms with Crippen LogP contribution in [-0.4, -0.2) is 12.2 Å². The van der Waals surface area contributed by atoms with Crippen molar-refractivity contribution in [2.75, 3.05) is 5.32 Å². The minimum Gasteiger partial charge on any atom is -0.446 e. The molecule has 232 valence electrons. The van der Waals surface area contributed by atoms with Crippen molar-refractivity contribution in [1.82, 2.24) is 0 Å². The Balaban J connectivity index is 1.11. The van der Waals surface area contributed by atoms with Gasteiger partial charge in [-0.1, -0.05) is 102 Å². The normalized spacial score (nSPS) is 35.1. The number of benzene rings is 2. The molecule has 2 aromatic carbocycles. The van der Waals surface area contributed by atoms with Crippen LogP contribution in [0.1, 0.15) is 99.3 Å². The summed E-state index contributed by atoms with van der Waals surface area (Å²) in [4.78, 5) is 13.0. The van der Waals surface area contributed by atoms with Crippen LogP contribution in [0.25, 0.3) is 10.8 Å². The van der Waals surface area contributed by atoms with Crippen LogP contribution in [-0.2, 0) is 4.74 Å². The van der Waals surface area contributed by atoms with Crippen LogP contribution < -0.4 is 5.32 Å². The van der Waals surface area contributed by atoms with Crippen LogP contribution in [0.3, 0.4) is 0 Å². The van der Waals surface area contributed by atoms with E-state index in [9.17, 15) is 4.79 Å². The summed E-state index contributed by atoms with van der Waals surface area (Å²) in [5.74, 6) is 5.31. The van der Waals surface area contributed by atoms with Gasteiger partial charge in [-0.2, -0.15) is 0 Å². The van der Waals surface area contributed by atoms with E-state index in [0.29, 0.717) is 17.3 Å². The molecule has 1 N–H and O–H groups in total. The van der Waals surface area contributed by atoms with Crippen LogP contribution in [0.15, 0.2) is 66.3 Å². The molecule has 1 amide bonds. The minimum atomic E-state index is -0.327. The van der Waals surface area contributed by atoms with E-state index in [0.717, 1.165) is 65.3 Å². The molecule has 0 heterocycles. The van der Waals surface area contributed by atoms with Gasteiger partial charge in [-0.05, 0) is 115 Å². The first-order valence-electron chi connectivity index (χ1n) is 17.5. The summed E-state index contributed by atoms with van der Waals surface area (Å²) in [5.41, 5.74) is 3.10. The van der Waals surface area contributed by atoms with Crippen molar-refractivity contribution in [1.29, 1.82) is 0 Å². The van der Waals surface area contributed by atoms with Gasteiger partial charge in [0.05, 0.1) is 5.69 Å². The SMILES string of the molecule is CCC(C=CC(C)C1CCC2C3CC=C4CC(OC(=O)Nc5cccc6ccccc56)CCC4(C)C3CCC12C)C(C)C. The molecule has 0 radical (unpaired) electrons. The summed E-state index contributed by atoms with van der Waals surface area (Å²) in [6.07, 6.45) is 18.3. The van der Waals surface area contributed by atoms with Gasteiger partial charge in [0.2, 0.25) is 0 Å². The molecule has 43 heavy (non-hydrogen) atoms. The van der Waals surface area contributed by atoms with Gasteiger partial charge in [-0.3, -0.25) is 5.32 Å². The fourth-order valence-corrected chi connectivity index (χ4v) is 10.5. The molecule has 0 spiro atoms. The lowest BCUT2D eigenvalue weighted by Crippen LogP contribution is -2.51. The van der Waals surface area contributed by atoms with Gasteiger partial charge >= 0.3 is 6.09 Å². The molecule has 0 bridgehead atoms. The van der Waals surface area contributed by atoms with Crippen molar-refractivity contribution in [3.63, 3.8) is 0 Å². The van der Waals surface area contributed by atoms with E-state index in [1.807, 2.05) is 30.3 Å². The summed E-state index contributed by atoms with van der Waals surface area (Å²) in [6, 6.07) is 14.2. The lowest BCUT2D eigenvalue weighted by Gasteiger charge is -2.58. The van der Waals surface area contributed by atoms with Gasteiger partial charge < -0.3 is 4.74 Å². The van der Waals surface area contributed by atoms with Gasteiger partial charge in [-0.25, -0.2) is 4.79 Å². The summed E-state index contributed by atoms with van der Waals surface area (Å²) < 4.78 is 6.07. The third-order valence-corrected chi connectivity index (χ3v) is 13.1. The third kappa shape index (κ3) is 5.59. The number of ether oxygens (including phenoxy) is 1. The molecule has 6 rings (SSSR count). The number of allylic oxidation sites excluding steroid dienone is 3. The molecule has 3 fully saturated rings. The van der Waals surface area contributed by atoms with E-state index < -0.39 is 0 Å². The first kappa shape index (κ1) is 30.5. The summed E-state index contributed by atoms with van der Waals surface area (Å²) in [5, 5.41) is 5.21. The maximum Gasteiger partial charge on any atom is 0.411 e.